The van der Waals surface area contributed by atoms with Crippen LogP contribution in [0.3, 0.4) is 0 Å². The number of rotatable bonds is 6. The van der Waals surface area contributed by atoms with Gasteiger partial charge in [-0.25, -0.2) is 0 Å². The second kappa shape index (κ2) is 6.49. The van der Waals surface area contributed by atoms with Gasteiger partial charge in [0.2, 0.25) is 0 Å². The highest BCUT2D eigenvalue weighted by Crippen LogP contribution is 2.31. The molecule has 5 heteroatoms. The quantitative estimate of drug-likeness (QED) is 0.838. The van der Waals surface area contributed by atoms with Crippen LogP contribution < -0.4 is 10.5 Å². The van der Waals surface area contributed by atoms with E-state index in [2.05, 4.69) is 0 Å². The zero-order valence-corrected chi connectivity index (χ0v) is 9.41. The fraction of sp³-hybridized carbons (Fsp3) is 0.500. The predicted octanol–water partition coefficient (Wildman–Crippen LogP) is 2.98. The number of hydrogen-bond acceptors (Lipinski definition) is 2. The van der Waals surface area contributed by atoms with Gasteiger partial charge in [0.05, 0.1) is 12.5 Å². The molecule has 1 aromatic carbocycles. The second-order valence-corrected chi connectivity index (χ2v) is 3.77. The molecule has 1 rings (SSSR count). The Bertz CT molecular complexity index is 313. The van der Waals surface area contributed by atoms with Crippen LogP contribution in [0.1, 0.15) is 12.8 Å². The van der Waals surface area contributed by atoms with Crippen LogP contribution in [0, 0.1) is 5.92 Å². The molecule has 1 atom stereocenters. The van der Waals surface area contributed by atoms with Crippen molar-refractivity contribution in [3.05, 3.63) is 30.3 Å². The fourth-order valence-corrected chi connectivity index (χ4v) is 1.51. The van der Waals surface area contributed by atoms with E-state index in [1.165, 1.54) is 0 Å². The number of nitrogens with two attached hydrogens (primary N) is 1. The molecular formula is C12H16F3NO. The summed E-state index contributed by atoms with van der Waals surface area (Å²) in [7, 11) is 0. The van der Waals surface area contributed by atoms with Crippen molar-refractivity contribution in [2.75, 3.05) is 13.2 Å². The van der Waals surface area contributed by atoms with Crippen molar-refractivity contribution in [2.24, 2.45) is 11.7 Å². The van der Waals surface area contributed by atoms with Gasteiger partial charge >= 0.3 is 6.18 Å². The topological polar surface area (TPSA) is 35.2 Å². The van der Waals surface area contributed by atoms with Gasteiger partial charge in [0, 0.05) is 0 Å². The van der Waals surface area contributed by atoms with E-state index in [1.807, 2.05) is 6.07 Å². The Labute approximate surface area is 98.6 Å². The molecule has 0 aliphatic rings. The van der Waals surface area contributed by atoms with Crippen molar-refractivity contribution in [1.29, 1.82) is 0 Å². The van der Waals surface area contributed by atoms with Gasteiger partial charge in [-0.15, -0.1) is 0 Å². The van der Waals surface area contributed by atoms with Crippen molar-refractivity contribution in [3.63, 3.8) is 0 Å². The summed E-state index contributed by atoms with van der Waals surface area (Å²) in [6.07, 6.45) is -4.31. The Kier molecular flexibility index (Phi) is 5.28. The van der Waals surface area contributed by atoms with Crippen LogP contribution in [0.15, 0.2) is 30.3 Å². The summed E-state index contributed by atoms with van der Waals surface area (Å²) in [5, 5.41) is 0. The molecule has 0 aliphatic heterocycles. The number of ether oxygens (including phenoxy) is 1. The maximum absolute atomic E-state index is 12.5. The molecule has 0 amide bonds. The van der Waals surface area contributed by atoms with Gasteiger partial charge in [0.25, 0.3) is 0 Å². The summed E-state index contributed by atoms with van der Waals surface area (Å²) in [5.74, 6) is -0.794. The molecule has 0 spiro atoms. The Hall–Kier alpha value is -1.23. The number of alkyl halides is 3. The molecule has 0 aromatic heterocycles. The van der Waals surface area contributed by atoms with Crippen LogP contribution in [0.5, 0.6) is 5.75 Å². The van der Waals surface area contributed by atoms with Gasteiger partial charge in [0.15, 0.2) is 0 Å². The van der Waals surface area contributed by atoms with E-state index in [9.17, 15) is 13.2 Å². The van der Waals surface area contributed by atoms with Crippen molar-refractivity contribution in [1.82, 2.24) is 0 Å². The maximum atomic E-state index is 12.5. The van der Waals surface area contributed by atoms with Crippen LogP contribution >= 0.6 is 0 Å². The molecule has 96 valence electrons. The van der Waals surface area contributed by atoms with Crippen LogP contribution in [-0.4, -0.2) is 19.3 Å². The molecular weight excluding hydrogens is 231 g/mol. The maximum Gasteiger partial charge on any atom is 0.391 e. The molecule has 1 aromatic rings. The minimum atomic E-state index is -4.20. The third kappa shape index (κ3) is 5.08. The Balaban J connectivity index is 2.37. The van der Waals surface area contributed by atoms with Crippen LogP contribution in [-0.2, 0) is 0 Å². The minimum Gasteiger partial charge on any atom is -0.494 e. The molecule has 0 bridgehead atoms. The number of benzene rings is 1. The van der Waals surface area contributed by atoms with E-state index in [-0.39, 0.29) is 26.0 Å². The smallest absolute Gasteiger partial charge is 0.391 e. The minimum absolute atomic E-state index is 0.0372. The van der Waals surface area contributed by atoms with Crippen molar-refractivity contribution in [2.45, 2.75) is 19.0 Å². The number of hydrogen-bond donors (Lipinski definition) is 1. The first-order valence-electron chi connectivity index (χ1n) is 5.48. The average Bonchev–Trinajstić information content (AvgIpc) is 2.28. The number of halogens is 3. The Morgan fingerprint density at radius 1 is 1.12 bits per heavy atom. The van der Waals surface area contributed by atoms with E-state index in [0.717, 1.165) is 0 Å². The Morgan fingerprint density at radius 3 is 2.29 bits per heavy atom. The molecule has 2 N–H and O–H groups in total. The summed E-state index contributed by atoms with van der Waals surface area (Å²) in [6, 6.07) is 8.80. The lowest BCUT2D eigenvalue weighted by atomic mass is 10.0. The molecule has 0 radical (unpaired) electrons. The van der Waals surface area contributed by atoms with E-state index in [0.29, 0.717) is 5.75 Å². The molecule has 1 unspecified atom stereocenters. The van der Waals surface area contributed by atoms with Crippen molar-refractivity contribution in [3.8, 4) is 5.75 Å². The summed E-state index contributed by atoms with van der Waals surface area (Å²) >= 11 is 0. The molecule has 0 saturated carbocycles. The van der Waals surface area contributed by atoms with Crippen LogP contribution in [0.2, 0.25) is 0 Å². The zero-order valence-electron chi connectivity index (χ0n) is 9.41. The summed E-state index contributed by atoms with van der Waals surface area (Å²) in [5.41, 5.74) is 5.17. The van der Waals surface area contributed by atoms with Gasteiger partial charge in [-0.05, 0) is 31.5 Å². The highest BCUT2D eigenvalue weighted by molar-refractivity contribution is 5.20. The van der Waals surface area contributed by atoms with Gasteiger partial charge in [-0.1, -0.05) is 18.2 Å². The van der Waals surface area contributed by atoms with E-state index in [1.54, 1.807) is 24.3 Å². The van der Waals surface area contributed by atoms with Gasteiger partial charge in [-0.2, -0.15) is 13.2 Å². The van der Waals surface area contributed by atoms with E-state index < -0.39 is 12.1 Å². The summed E-state index contributed by atoms with van der Waals surface area (Å²) in [4.78, 5) is 0. The second-order valence-electron chi connectivity index (χ2n) is 3.77. The van der Waals surface area contributed by atoms with Crippen LogP contribution in [0.25, 0.3) is 0 Å². The monoisotopic (exact) mass is 247 g/mol. The molecule has 0 heterocycles. The largest absolute Gasteiger partial charge is 0.494 e. The van der Waals surface area contributed by atoms with Crippen molar-refractivity contribution >= 4 is 0 Å². The zero-order chi connectivity index (χ0) is 12.7. The standard InChI is InChI=1S/C12H16F3NO/c13-12(14,15)10(6-8-16)7-9-17-11-4-2-1-3-5-11/h1-5,10H,6-9,16H2. The van der Waals surface area contributed by atoms with Crippen molar-refractivity contribution < 1.29 is 17.9 Å². The molecule has 0 saturated heterocycles. The van der Waals surface area contributed by atoms with E-state index in [4.69, 9.17) is 10.5 Å². The SMILES string of the molecule is NCCC(CCOc1ccccc1)C(F)(F)F. The molecule has 2 nitrogen and oxygen atoms in total. The van der Waals surface area contributed by atoms with Gasteiger partial charge < -0.3 is 10.5 Å². The first-order valence-corrected chi connectivity index (χ1v) is 5.48. The first kappa shape index (κ1) is 13.8. The van der Waals surface area contributed by atoms with Gasteiger partial charge in [-0.3, -0.25) is 0 Å². The molecule has 0 aliphatic carbocycles. The lowest BCUT2D eigenvalue weighted by Crippen LogP contribution is -2.27. The summed E-state index contributed by atoms with van der Waals surface area (Å²) < 4.78 is 42.8. The molecule has 17 heavy (non-hydrogen) atoms. The highest BCUT2D eigenvalue weighted by atomic mass is 19.4. The third-order valence-electron chi connectivity index (χ3n) is 2.46. The summed E-state index contributed by atoms with van der Waals surface area (Å²) in [6.45, 7) is 0.0870. The molecule has 0 fully saturated rings. The fourth-order valence-electron chi connectivity index (χ4n) is 1.51. The Morgan fingerprint density at radius 2 is 1.76 bits per heavy atom. The van der Waals surface area contributed by atoms with Gasteiger partial charge in [0.1, 0.15) is 5.75 Å². The lowest BCUT2D eigenvalue weighted by Gasteiger charge is -2.19. The number of para-hydroxylation sites is 1. The highest BCUT2D eigenvalue weighted by Gasteiger charge is 2.38. The predicted molar refractivity (Wildman–Crippen MR) is 59.8 cm³/mol. The third-order valence-corrected chi connectivity index (χ3v) is 2.46. The normalized spacial score (nSPS) is 13.4. The average molecular weight is 247 g/mol. The van der Waals surface area contributed by atoms with Crippen LogP contribution in [0.4, 0.5) is 13.2 Å². The lowest BCUT2D eigenvalue weighted by molar-refractivity contribution is -0.178. The first-order chi connectivity index (χ1) is 8.04. The van der Waals surface area contributed by atoms with E-state index >= 15 is 0 Å².